The average molecular weight is 243 g/mol. The third-order valence-corrected chi connectivity index (χ3v) is 1.97. The van der Waals surface area contributed by atoms with Gasteiger partial charge in [0, 0.05) is 13.8 Å². The molecule has 1 aromatic carbocycles. The summed E-state index contributed by atoms with van der Waals surface area (Å²) < 4.78 is 0. The van der Waals surface area contributed by atoms with Crippen LogP contribution in [0.3, 0.4) is 0 Å². The number of hydrogen-bond acceptors (Lipinski definition) is 4. The predicted octanol–water partition coefficient (Wildman–Crippen LogP) is -3.05. The molecule has 17 heavy (non-hydrogen) atoms. The number of carbonyl (C=O) groups excluding carboxylic acids is 3. The molecule has 0 aromatic heterocycles. The molecule has 0 unspecified atom stereocenters. The molecule has 0 heterocycles. The number of hydrogen-bond donors (Lipinski definition) is 0. The monoisotopic (exact) mass is 243 g/mol. The maximum absolute atomic E-state index is 11.2. The number of anilines is 1. The average Bonchev–Trinajstić information content (AvgIpc) is 2.16. The molecule has 6 heteroatoms. The van der Waals surface area contributed by atoms with Crippen LogP contribution in [0.15, 0.2) is 24.3 Å². The van der Waals surface area contributed by atoms with Crippen molar-refractivity contribution in [3.8, 4) is 0 Å². The van der Waals surface area contributed by atoms with Crippen molar-refractivity contribution in [3.05, 3.63) is 29.8 Å². The van der Waals surface area contributed by atoms with Gasteiger partial charge in [-0.2, -0.15) is 0 Å². The maximum atomic E-state index is 11.2. The maximum Gasteiger partial charge on any atom is 1.00 e. The molecule has 0 aliphatic rings. The summed E-state index contributed by atoms with van der Waals surface area (Å²) in [4.78, 5) is 33.9. The number of imide groups is 1. The van der Waals surface area contributed by atoms with E-state index in [0.29, 0.717) is 0 Å². The van der Waals surface area contributed by atoms with E-state index in [1.54, 1.807) is 0 Å². The van der Waals surface area contributed by atoms with E-state index in [1.165, 1.54) is 38.1 Å². The zero-order chi connectivity index (χ0) is 12.3. The zero-order valence-electron chi connectivity index (χ0n) is 9.89. The molecular weight excluding hydrogens is 233 g/mol. The van der Waals surface area contributed by atoms with Gasteiger partial charge in [0.15, 0.2) is 0 Å². The molecule has 0 N–H and O–H groups in total. The summed E-state index contributed by atoms with van der Waals surface area (Å²) >= 11 is 0. The predicted molar refractivity (Wildman–Crippen MR) is 54.6 cm³/mol. The van der Waals surface area contributed by atoms with Crippen LogP contribution in [0.1, 0.15) is 24.2 Å². The second-order valence-electron chi connectivity index (χ2n) is 3.21. The molecule has 0 atom stereocenters. The van der Waals surface area contributed by atoms with E-state index in [4.69, 9.17) is 0 Å². The Morgan fingerprint density at radius 3 is 2.06 bits per heavy atom. The van der Waals surface area contributed by atoms with Gasteiger partial charge in [-0.3, -0.25) is 14.5 Å². The van der Waals surface area contributed by atoms with E-state index >= 15 is 0 Å². The number of carbonyl (C=O) groups is 3. The molecule has 0 aliphatic heterocycles. The van der Waals surface area contributed by atoms with Crippen molar-refractivity contribution in [1.29, 1.82) is 0 Å². The van der Waals surface area contributed by atoms with Crippen LogP contribution in [0.4, 0.5) is 5.69 Å². The number of amides is 2. The topological polar surface area (TPSA) is 77.5 Å². The number of carboxylic acid groups (broad SMARTS) is 1. The number of nitrogens with zero attached hydrogens (tertiary/aromatic N) is 1. The summed E-state index contributed by atoms with van der Waals surface area (Å²) in [6.07, 6.45) is 0. The van der Waals surface area contributed by atoms with Crippen LogP contribution >= 0.6 is 0 Å². The number of benzene rings is 1. The number of aromatic carboxylic acids is 1. The molecular formula is C11H10NNaO4. The molecule has 0 saturated carbocycles. The second-order valence-corrected chi connectivity index (χ2v) is 3.21. The molecule has 0 aliphatic carbocycles. The molecule has 0 radical (unpaired) electrons. The summed E-state index contributed by atoms with van der Waals surface area (Å²) in [6, 6.07) is 5.48. The minimum Gasteiger partial charge on any atom is -0.545 e. The third kappa shape index (κ3) is 3.96. The van der Waals surface area contributed by atoms with Crippen LogP contribution < -0.4 is 39.6 Å². The first kappa shape index (κ1) is 15.8. The van der Waals surface area contributed by atoms with Crippen molar-refractivity contribution in [3.63, 3.8) is 0 Å². The fourth-order valence-corrected chi connectivity index (χ4v) is 1.36. The summed E-state index contributed by atoms with van der Waals surface area (Å²) in [5.74, 6) is -2.29. The molecule has 2 amide bonds. The molecule has 0 bridgehead atoms. The Labute approximate surface area is 121 Å². The Kier molecular flexibility index (Phi) is 6.09. The summed E-state index contributed by atoms with van der Waals surface area (Å²) in [5.41, 5.74) is 0.145. The third-order valence-electron chi connectivity index (χ3n) is 1.97. The quantitative estimate of drug-likeness (QED) is 0.517. The van der Waals surface area contributed by atoms with Crippen molar-refractivity contribution in [2.24, 2.45) is 0 Å². The zero-order valence-corrected chi connectivity index (χ0v) is 11.9. The Morgan fingerprint density at radius 1 is 1.12 bits per heavy atom. The summed E-state index contributed by atoms with van der Waals surface area (Å²) in [6.45, 7) is 2.46. The van der Waals surface area contributed by atoms with E-state index < -0.39 is 17.8 Å². The van der Waals surface area contributed by atoms with Gasteiger partial charge in [-0.05, 0) is 17.7 Å². The van der Waals surface area contributed by atoms with Crippen LogP contribution in [0, 0.1) is 0 Å². The van der Waals surface area contributed by atoms with Crippen LogP contribution in [0.25, 0.3) is 0 Å². The number of rotatable bonds is 2. The first-order chi connectivity index (χ1) is 7.43. The molecule has 0 fully saturated rings. The fraction of sp³-hybridized carbons (Fsp3) is 0.182. The van der Waals surface area contributed by atoms with E-state index in [0.717, 1.165) is 4.90 Å². The van der Waals surface area contributed by atoms with Gasteiger partial charge in [0.1, 0.15) is 0 Å². The van der Waals surface area contributed by atoms with Crippen molar-refractivity contribution < 1.29 is 49.0 Å². The fourth-order valence-electron chi connectivity index (χ4n) is 1.36. The minimum atomic E-state index is -1.35. The van der Waals surface area contributed by atoms with Crippen LogP contribution in [-0.2, 0) is 9.59 Å². The van der Waals surface area contributed by atoms with Gasteiger partial charge >= 0.3 is 29.6 Å². The Morgan fingerprint density at radius 2 is 1.65 bits per heavy atom. The SMILES string of the molecule is CC(=O)N(C(C)=O)c1cccc(C(=O)[O-])c1.[Na+]. The smallest absolute Gasteiger partial charge is 0.545 e. The Balaban J connectivity index is 0.00000256. The van der Waals surface area contributed by atoms with Crippen LogP contribution in [-0.4, -0.2) is 17.8 Å². The van der Waals surface area contributed by atoms with Crippen molar-refractivity contribution >= 4 is 23.5 Å². The van der Waals surface area contributed by atoms with E-state index in [9.17, 15) is 19.5 Å². The normalized spacial score (nSPS) is 9.06. The molecule has 1 aromatic rings. The first-order valence-corrected chi connectivity index (χ1v) is 4.56. The van der Waals surface area contributed by atoms with Gasteiger partial charge in [0.2, 0.25) is 11.8 Å². The Bertz CT molecular complexity index is 445. The van der Waals surface area contributed by atoms with E-state index in [2.05, 4.69) is 0 Å². The van der Waals surface area contributed by atoms with Gasteiger partial charge in [0.25, 0.3) is 0 Å². The van der Waals surface area contributed by atoms with Gasteiger partial charge in [-0.1, -0.05) is 12.1 Å². The van der Waals surface area contributed by atoms with Crippen molar-refractivity contribution in [2.45, 2.75) is 13.8 Å². The van der Waals surface area contributed by atoms with Crippen molar-refractivity contribution in [1.82, 2.24) is 0 Å². The van der Waals surface area contributed by atoms with Crippen LogP contribution in [0.5, 0.6) is 0 Å². The van der Waals surface area contributed by atoms with Gasteiger partial charge in [-0.15, -0.1) is 0 Å². The molecule has 1 rings (SSSR count). The Hall–Kier alpha value is -1.17. The van der Waals surface area contributed by atoms with Crippen molar-refractivity contribution in [2.75, 3.05) is 4.90 Å². The minimum absolute atomic E-state index is 0. The number of carboxylic acids is 1. The van der Waals surface area contributed by atoms with Gasteiger partial charge < -0.3 is 9.90 Å². The van der Waals surface area contributed by atoms with E-state index in [-0.39, 0.29) is 40.8 Å². The summed E-state index contributed by atoms with van der Waals surface area (Å²) in [7, 11) is 0. The molecule has 5 nitrogen and oxygen atoms in total. The largest absolute Gasteiger partial charge is 1.00 e. The molecule has 0 spiro atoms. The van der Waals surface area contributed by atoms with Gasteiger partial charge in [-0.25, -0.2) is 0 Å². The standard InChI is InChI=1S/C11H11NO4.Na/c1-7(13)12(8(2)14)10-5-3-4-9(6-10)11(15)16;/h3-6H,1-2H3,(H,15,16);/q;+1/p-1. The second kappa shape index (κ2) is 6.54. The summed E-state index contributed by atoms with van der Waals surface area (Å²) in [5, 5.41) is 10.6. The van der Waals surface area contributed by atoms with Gasteiger partial charge in [0.05, 0.1) is 11.7 Å². The molecule has 0 saturated heterocycles. The first-order valence-electron chi connectivity index (χ1n) is 4.56. The van der Waals surface area contributed by atoms with Crippen LogP contribution in [0.2, 0.25) is 0 Å². The van der Waals surface area contributed by atoms with E-state index in [1.807, 2.05) is 0 Å². The molecule has 84 valence electrons.